The van der Waals surface area contributed by atoms with Crippen LogP contribution in [-0.2, 0) is 13.7 Å². The van der Waals surface area contributed by atoms with Gasteiger partial charge in [0.25, 0.3) is 0 Å². The van der Waals surface area contributed by atoms with Gasteiger partial charge >= 0.3 is 10.1 Å². The Labute approximate surface area is 203 Å². The van der Waals surface area contributed by atoms with Crippen LogP contribution in [0.3, 0.4) is 0 Å². The van der Waals surface area contributed by atoms with Crippen molar-refractivity contribution in [3.8, 4) is 5.75 Å². The lowest BCUT2D eigenvalue weighted by Crippen LogP contribution is -2.14. The van der Waals surface area contributed by atoms with Crippen molar-refractivity contribution in [1.29, 1.82) is 0 Å². The Morgan fingerprint density at radius 2 is 0.824 bits per heavy atom. The Hall–Kier alpha value is -3.06. The number of aryl methyl sites for hydroxylation is 3. The van der Waals surface area contributed by atoms with Crippen LogP contribution >= 0.6 is 10.3 Å². The minimum absolute atomic E-state index is 0.128. The maximum Gasteiger partial charge on any atom is 0.307 e. The lowest BCUT2D eigenvalue weighted by atomic mass is 10.2. The summed E-state index contributed by atoms with van der Waals surface area (Å²) in [5.41, 5.74) is 3.14. The molecule has 0 aliphatic rings. The zero-order chi connectivity index (χ0) is 24.3. The number of rotatable bonds is 7. The van der Waals surface area contributed by atoms with Crippen molar-refractivity contribution in [3.63, 3.8) is 0 Å². The molecule has 0 bridgehead atoms. The van der Waals surface area contributed by atoms with E-state index in [1.165, 1.54) is 0 Å². The lowest BCUT2D eigenvalue weighted by Gasteiger charge is -2.39. The molecule has 0 fully saturated rings. The van der Waals surface area contributed by atoms with Gasteiger partial charge in [-0.25, -0.2) is 3.63 Å². The van der Waals surface area contributed by atoms with Crippen LogP contribution in [0.5, 0.6) is 5.75 Å². The average molecular weight is 493 g/mol. The van der Waals surface area contributed by atoms with Gasteiger partial charge in [0.1, 0.15) is 5.75 Å². The number of ether oxygens (including phenoxy) is 1. The molecule has 0 amide bonds. The molecule has 0 aliphatic carbocycles. The predicted octanol–water partition coefficient (Wildman–Crippen LogP) is 7.22. The number of hydrogen-bond acceptors (Lipinski definition) is 4. The fourth-order valence-corrected chi connectivity index (χ4v) is 8.81. The summed E-state index contributed by atoms with van der Waals surface area (Å²) in [4.78, 5) is 2.48. The van der Waals surface area contributed by atoms with Gasteiger partial charge in [0.2, 0.25) is 0 Å². The molecule has 34 heavy (non-hydrogen) atoms. The normalized spacial score (nSPS) is 12.4. The molecule has 6 heteroatoms. The first-order valence-electron chi connectivity index (χ1n) is 10.9. The Morgan fingerprint density at radius 3 is 1.18 bits per heavy atom. The van der Waals surface area contributed by atoms with Crippen molar-refractivity contribution in [2.75, 3.05) is 7.11 Å². The second kappa shape index (κ2) is 9.66. The van der Waals surface area contributed by atoms with E-state index in [4.69, 9.17) is 8.37 Å². The molecule has 0 N–H and O–H groups in total. The molecular weight excluding hydrogens is 464 g/mol. The molecule has 4 aromatic carbocycles. The van der Waals surface area contributed by atoms with Crippen LogP contribution in [0.4, 0.5) is 0 Å². The highest BCUT2D eigenvalue weighted by molar-refractivity contribution is 8.33. The maximum absolute atomic E-state index is 13.7. The highest BCUT2D eigenvalue weighted by Crippen LogP contribution is 2.70. The first-order valence-corrected chi connectivity index (χ1v) is 13.8. The molecule has 0 heterocycles. The van der Waals surface area contributed by atoms with Gasteiger partial charge in [-0.2, -0.15) is 8.42 Å². The van der Waals surface area contributed by atoms with E-state index in [1.54, 1.807) is 31.4 Å². The van der Waals surface area contributed by atoms with Gasteiger partial charge in [0, 0.05) is 14.7 Å². The van der Waals surface area contributed by atoms with Crippen LogP contribution in [0.25, 0.3) is 0 Å². The predicted molar refractivity (Wildman–Crippen MR) is 137 cm³/mol. The number of hydrogen-bond donors (Lipinski definition) is 0. The maximum atomic E-state index is 13.7. The summed E-state index contributed by atoms with van der Waals surface area (Å²) in [6.07, 6.45) is 0. The Balaban J connectivity index is 2.01. The van der Waals surface area contributed by atoms with Crippen molar-refractivity contribution in [2.45, 2.75) is 40.4 Å². The molecule has 0 aliphatic heterocycles. The molecule has 0 unspecified atom stereocenters. The monoisotopic (exact) mass is 492 g/mol. The minimum atomic E-state index is -4.11. The molecule has 0 atom stereocenters. The van der Waals surface area contributed by atoms with E-state index >= 15 is 0 Å². The first kappa shape index (κ1) is 24.1. The molecule has 0 spiro atoms. The highest BCUT2D eigenvalue weighted by Gasteiger charge is 2.38. The molecule has 176 valence electrons. The third-order valence-corrected chi connectivity index (χ3v) is 10.8. The van der Waals surface area contributed by atoms with E-state index in [2.05, 4.69) is 0 Å². The van der Waals surface area contributed by atoms with Gasteiger partial charge in [-0.1, -0.05) is 53.1 Å². The summed E-state index contributed by atoms with van der Waals surface area (Å²) in [5.74, 6) is 0.686. The summed E-state index contributed by atoms with van der Waals surface area (Å²) in [7, 11) is -5.16. The van der Waals surface area contributed by atoms with Gasteiger partial charge < -0.3 is 4.74 Å². The molecular formula is C28H28O4S2. The van der Waals surface area contributed by atoms with Crippen LogP contribution in [0.15, 0.2) is 117 Å². The number of methoxy groups -OCH3 is 1. The van der Waals surface area contributed by atoms with E-state index in [0.29, 0.717) is 5.75 Å². The van der Waals surface area contributed by atoms with E-state index in [0.717, 1.165) is 31.4 Å². The standard InChI is InChI=1S/C28H28O4S2/c1-21-5-13-25(14-6-21)33(26-15-7-22(2)8-16-26,27-19-11-24(31-4)12-20-27)32-34(29,30)28-17-9-23(3)10-18-28/h5-20H,1-4H3. The smallest absolute Gasteiger partial charge is 0.307 e. The third kappa shape index (κ3) is 4.75. The van der Waals surface area contributed by atoms with E-state index in [9.17, 15) is 8.42 Å². The largest absolute Gasteiger partial charge is 0.497 e. The average Bonchev–Trinajstić information content (AvgIpc) is 2.84. The second-order valence-corrected chi connectivity index (χ2v) is 12.6. The van der Waals surface area contributed by atoms with Crippen LogP contribution in [0.2, 0.25) is 0 Å². The quantitative estimate of drug-likeness (QED) is 0.273. The molecule has 0 saturated heterocycles. The molecule has 4 rings (SSSR count). The van der Waals surface area contributed by atoms with Gasteiger partial charge in [0.05, 0.1) is 12.0 Å². The van der Waals surface area contributed by atoms with Crippen LogP contribution < -0.4 is 4.74 Å². The second-order valence-electron chi connectivity index (χ2n) is 8.19. The van der Waals surface area contributed by atoms with Crippen LogP contribution in [-0.4, -0.2) is 15.5 Å². The van der Waals surface area contributed by atoms with Crippen molar-refractivity contribution in [1.82, 2.24) is 0 Å². The molecule has 4 aromatic rings. The van der Waals surface area contributed by atoms with Gasteiger partial charge in [-0.05, 0) is 91.7 Å². The molecule has 0 aromatic heterocycles. The van der Waals surface area contributed by atoms with E-state index in [1.807, 2.05) is 93.6 Å². The van der Waals surface area contributed by atoms with Crippen LogP contribution in [0.1, 0.15) is 16.7 Å². The van der Waals surface area contributed by atoms with E-state index in [-0.39, 0.29) is 4.90 Å². The molecule has 0 radical (unpaired) electrons. The van der Waals surface area contributed by atoms with Crippen molar-refractivity contribution in [3.05, 3.63) is 114 Å². The third-order valence-electron chi connectivity index (χ3n) is 5.60. The summed E-state index contributed by atoms with van der Waals surface area (Å²) in [6.45, 7) is 5.93. The van der Waals surface area contributed by atoms with Gasteiger partial charge in [-0.15, -0.1) is 0 Å². The SMILES string of the molecule is COc1ccc(S(OS(=O)(=O)c2ccc(C)cc2)(c2ccc(C)cc2)c2ccc(C)cc2)cc1. The van der Waals surface area contributed by atoms with Gasteiger partial charge in [0.15, 0.2) is 0 Å². The fourth-order valence-electron chi connectivity index (χ4n) is 3.63. The first-order chi connectivity index (χ1) is 16.2. The topological polar surface area (TPSA) is 52.6 Å². The highest BCUT2D eigenvalue weighted by atomic mass is 32.3. The summed E-state index contributed by atoms with van der Waals surface area (Å²) < 4.78 is 39.2. The summed E-state index contributed by atoms with van der Waals surface area (Å²) in [6, 6.07) is 29.9. The minimum Gasteiger partial charge on any atom is -0.497 e. The van der Waals surface area contributed by atoms with Crippen molar-refractivity contribution in [2.24, 2.45) is 0 Å². The van der Waals surface area contributed by atoms with Crippen molar-refractivity contribution >= 4 is 20.4 Å². The number of benzene rings is 4. The Bertz CT molecular complexity index is 1310. The Morgan fingerprint density at radius 1 is 0.500 bits per heavy atom. The summed E-state index contributed by atoms with van der Waals surface area (Å²) >= 11 is 0. The fraction of sp³-hybridized carbons (Fsp3) is 0.143. The zero-order valence-electron chi connectivity index (χ0n) is 19.7. The molecule has 4 nitrogen and oxygen atoms in total. The summed E-state index contributed by atoms with van der Waals surface area (Å²) in [5, 5.41) is 0. The van der Waals surface area contributed by atoms with Gasteiger partial charge in [-0.3, -0.25) is 0 Å². The zero-order valence-corrected chi connectivity index (χ0v) is 21.3. The van der Waals surface area contributed by atoms with E-state index < -0.39 is 20.4 Å². The lowest BCUT2D eigenvalue weighted by molar-refractivity contribution is 0.414. The van der Waals surface area contributed by atoms with Crippen LogP contribution in [0, 0.1) is 20.8 Å². The van der Waals surface area contributed by atoms with Crippen molar-refractivity contribution < 1.29 is 16.8 Å². The molecule has 0 saturated carbocycles. The Kier molecular flexibility index (Phi) is 6.84.